The number of rotatable bonds is 0. The predicted octanol–water partition coefficient (Wildman–Crippen LogP) is 2.08. The van der Waals surface area contributed by atoms with Crippen molar-refractivity contribution in [2.45, 2.75) is 0 Å². The third kappa shape index (κ3) is 3.89. The molecule has 1 aromatic rings. The number of hydrogen-bond acceptors (Lipinski definition) is 1. The van der Waals surface area contributed by atoms with Gasteiger partial charge in [-0.05, 0) is 12.1 Å². The molecule has 0 N–H and O–H groups in total. The van der Waals surface area contributed by atoms with Gasteiger partial charge < -0.3 is 4.74 Å². The summed E-state index contributed by atoms with van der Waals surface area (Å²) in [6, 6.07) is 8.03. The van der Waals surface area contributed by atoms with Crippen LogP contribution in [-0.2, 0) is 50.6 Å². The van der Waals surface area contributed by atoms with Crippen LogP contribution in [0.15, 0.2) is 30.3 Å². The maximum atomic E-state index is 5.34. The monoisotopic (exact) mass is 301 g/mol. The van der Waals surface area contributed by atoms with Crippen LogP contribution in [0, 0.1) is 0 Å². The van der Waals surface area contributed by atoms with Gasteiger partial charge in [-0.3, -0.25) is 0 Å². The zero-order valence-electron chi connectivity index (χ0n) is 6.63. The van der Waals surface area contributed by atoms with Gasteiger partial charge in [-0.25, -0.2) is 0 Å². The van der Waals surface area contributed by atoms with Crippen LogP contribution in [0.1, 0.15) is 5.56 Å². The minimum Gasteiger partial charge on any atom is -0.489 e. The Labute approximate surface area is 109 Å². The van der Waals surface area contributed by atoms with Crippen LogP contribution in [-0.4, -0.2) is 6.61 Å². The summed E-state index contributed by atoms with van der Waals surface area (Å²) in [6.07, 6.45) is 4.10. The van der Waals surface area contributed by atoms with Gasteiger partial charge in [-0.15, -0.1) is 0 Å². The van der Waals surface area contributed by atoms with Gasteiger partial charge >= 0.3 is 0 Å². The van der Waals surface area contributed by atoms with E-state index in [0.717, 1.165) is 5.75 Å². The summed E-state index contributed by atoms with van der Waals surface area (Å²) in [4.78, 5) is 0. The Hall–Kier alpha value is 0.292. The van der Waals surface area contributed by atoms with E-state index in [-0.39, 0.29) is 50.6 Å². The molecule has 0 spiro atoms. The van der Waals surface area contributed by atoms with Gasteiger partial charge in [-0.2, -0.15) is 0 Å². The maximum absolute atomic E-state index is 5.34. The van der Waals surface area contributed by atoms with Gasteiger partial charge in [0.15, 0.2) is 0 Å². The van der Waals surface area contributed by atoms with Crippen molar-refractivity contribution in [2.24, 2.45) is 0 Å². The fourth-order valence-corrected chi connectivity index (χ4v) is 1.06. The molecule has 1 radical (unpaired) electrons. The summed E-state index contributed by atoms with van der Waals surface area (Å²) in [5, 5.41) is 0. The van der Waals surface area contributed by atoms with E-state index >= 15 is 0 Å². The molecule has 1 heterocycles. The van der Waals surface area contributed by atoms with Crippen molar-refractivity contribution in [1.82, 2.24) is 0 Å². The SMILES string of the molecule is C1=Cc2ccccc2OC1.[Fe].[Mn].[Ni]. The Kier molecular flexibility index (Phi) is 9.30. The van der Waals surface area contributed by atoms with E-state index in [1.54, 1.807) is 0 Å². The van der Waals surface area contributed by atoms with Crippen molar-refractivity contribution in [3.63, 3.8) is 0 Å². The van der Waals surface area contributed by atoms with E-state index in [0.29, 0.717) is 6.61 Å². The quantitative estimate of drug-likeness (QED) is 0.667. The number of para-hydroxylation sites is 1. The molecule has 2 rings (SSSR count). The Balaban J connectivity index is 0. The smallest absolute Gasteiger partial charge is 0.126 e. The zero-order valence-corrected chi connectivity index (χ0v) is 9.90. The first kappa shape index (κ1) is 15.8. The molecule has 0 aromatic heterocycles. The average Bonchev–Trinajstić information content (AvgIpc) is 2.05. The molecule has 1 aliphatic rings. The molecule has 0 bridgehead atoms. The second-order valence-corrected chi connectivity index (χ2v) is 2.25. The summed E-state index contributed by atoms with van der Waals surface area (Å²) in [6.45, 7) is 0.705. The molecule has 0 aliphatic carbocycles. The summed E-state index contributed by atoms with van der Waals surface area (Å²) in [5.74, 6) is 0.991. The fraction of sp³-hybridized carbons (Fsp3) is 0.111. The van der Waals surface area contributed by atoms with E-state index in [1.165, 1.54) is 5.56 Å². The molecule has 0 fully saturated rings. The van der Waals surface area contributed by atoms with Crippen LogP contribution in [0.5, 0.6) is 5.75 Å². The molecule has 0 saturated heterocycles. The second kappa shape index (κ2) is 7.67. The van der Waals surface area contributed by atoms with Gasteiger partial charge in [0.2, 0.25) is 0 Å². The van der Waals surface area contributed by atoms with Crippen molar-refractivity contribution in [3.05, 3.63) is 35.9 Å². The minimum absolute atomic E-state index is 0. The molecule has 0 amide bonds. The average molecular weight is 302 g/mol. The van der Waals surface area contributed by atoms with Crippen molar-refractivity contribution in [3.8, 4) is 5.75 Å². The molecule has 0 atom stereocenters. The third-order valence-electron chi connectivity index (χ3n) is 1.55. The topological polar surface area (TPSA) is 9.23 Å². The summed E-state index contributed by atoms with van der Waals surface area (Å²) < 4.78 is 5.34. The van der Waals surface area contributed by atoms with Crippen LogP contribution in [0.3, 0.4) is 0 Å². The van der Waals surface area contributed by atoms with Crippen molar-refractivity contribution in [2.75, 3.05) is 6.61 Å². The van der Waals surface area contributed by atoms with Crippen molar-refractivity contribution in [1.29, 1.82) is 0 Å². The fourth-order valence-electron chi connectivity index (χ4n) is 1.06. The summed E-state index contributed by atoms with van der Waals surface area (Å²) in [5.41, 5.74) is 1.17. The Bertz CT molecular complexity index is 278. The molecule has 1 aliphatic heterocycles. The molecule has 0 saturated carbocycles. The van der Waals surface area contributed by atoms with Crippen molar-refractivity contribution < 1.29 is 55.4 Å². The van der Waals surface area contributed by atoms with Crippen LogP contribution in [0.4, 0.5) is 0 Å². The third-order valence-corrected chi connectivity index (χ3v) is 1.55. The van der Waals surface area contributed by atoms with Crippen LogP contribution >= 0.6 is 0 Å². The first-order valence-electron chi connectivity index (χ1n) is 3.35. The maximum Gasteiger partial charge on any atom is 0.126 e. The molecule has 1 nitrogen and oxygen atoms in total. The largest absolute Gasteiger partial charge is 0.489 e. The summed E-state index contributed by atoms with van der Waals surface area (Å²) in [7, 11) is 0. The van der Waals surface area contributed by atoms with Gasteiger partial charge in [0.25, 0.3) is 0 Å². The number of ether oxygens (including phenoxy) is 1. The zero-order chi connectivity index (χ0) is 6.81. The van der Waals surface area contributed by atoms with Crippen molar-refractivity contribution >= 4 is 6.08 Å². The summed E-state index contributed by atoms with van der Waals surface area (Å²) >= 11 is 0. The standard InChI is InChI=1S/C9H8O.Fe.Mn.Ni/c1-2-6-9-8(4-1)5-3-7-10-9;;;/h1-6H,7H2;;;. The van der Waals surface area contributed by atoms with Gasteiger partial charge in [-0.1, -0.05) is 24.3 Å². The molecule has 13 heavy (non-hydrogen) atoms. The Morgan fingerprint density at radius 2 is 1.85 bits per heavy atom. The van der Waals surface area contributed by atoms with E-state index in [2.05, 4.69) is 6.08 Å². The molecule has 4 heteroatoms. The molecular weight excluding hydrogens is 294 g/mol. The molecule has 1 aromatic carbocycles. The van der Waals surface area contributed by atoms with Crippen LogP contribution in [0.2, 0.25) is 0 Å². The van der Waals surface area contributed by atoms with Crippen LogP contribution in [0.25, 0.3) is 6.08 Å². The van der Waals surface area contributed by atoms with Gasteiger partial charge in [0.05, 0.1) is 0 Å². The normalized spacial score (nSPS) is 10.8. The number of benzene rings is 1. The number of fused-ring (bicyclic) bond motifs is 1. The van der Waals surface area contributed by atoms with E-state index in [4.69, 9.17) is 4.74 Å². The van der Waals surface area contributed by atoms with Gasteiger partial charge in [0, 0.05) is 56.2 Å². The van der Waals surface area contributed by atoms with Crippen LogP contribution < -0.4 is 4.74 Å². The van der Waals surface area contributed by atoms with E-state index in [9.17, 15) is 0 Å². The molecule has 75 valence electrons. The Morgan fingerprint density at radius 3 is 2.54 bits per heavy atom. The second-order valence-electron chi connectivity index (χ2n) is 2.25. The molecular formula is C9H8FeMnNiO. The van der Waals surface area contributed by atoms with E-state index < -0.39 is 0 Å². The van der Waals surface area contributed by atoms with Gasteiger partial charge in [0.1, 0.15) is 12.4 Å². The Morgan fingerprint density at radius 1 is 1.15 bits per heavy atom. The minimum atomic E-state index is 0. The number of hydrogen-bond donors (Lipinski definition) is 0. The van der Waals surface area contributed by atoms with E-state index in [1.807, 2.05) is 30.3 Å². The first-order chi connectivity index (χ1) is 4.97. The predicted molar refractivity (Wildman–Crippen MR) is 41.0 cm³/mol. The molecule has 0 unspecified atom stereocenters. The first-order valence-corrected chi connectivity index (χ1v) is 3.35.